The van der Waals surface area contributed by atoms with Gasteiger partial charge in [0.15, 0.2) is 6.29 Å². The molecule has 1 aliphatic rings. The molecule has 0 bridgehead atoms. The van der Waals surface area contributed by atoms with Crippen molar-refractivity contribution in [3.05, 3.63) is 0 Å². The van der Waals surface area contributed by atoms with Crippen molar-refractivity contribution in [1.82, 2.24) is 5.32 Å². The van der Waals surface area contributed by atoms with Gasteiger partial charge in [-0.05, 0) is 44.4 Å². The molecule has 3 unspecified atom stereocenters. The van der Waals surface area contributed by atoms with Gasteiger partial charge >= 0.3 is 0 Å². The molecule has 1 saturated carbocycles. The van der Waals surface area contributed by atoms with Gasteiger partial charge < -0.3 is 14.8 Å². The van der Waals surface area contributed by atoms with E-state index in [2.05, 4.69) is 26.1 Å². The van der Waals surface area contributed by atoms with Crippen molar-refractivity contribution in [2.24, 2.45) is 17.8 Å². The molecular weight excluding hydrogens is 238 g/mol. The molecule has 0 aromatic carbocycles. The Labute approximate surface area is 119 Å². The average molecular weight is 271 g/mol. The van der Waals surface area contributed by atoms with E-state index in [1.54, 1.807) is 0 Å². The normalized spacial score (nSPS) is 28.3. The summed E-state index contributed by atoms with van der Waals surface area (Å²) in [4.78, 5) is 0. The molecule has 3 heteroatoms. The van der Waals surface area contributed by atoms with Gasteiger partial charge in [0, 0.05) is 25.8 Å². The van der Waals surface area contributed by atoms with Crippen LogP contribution in [0.25, 0.3) is 0 Å². The van der Waals surface area contributed by atoms with Gasteiger partial charge in [-0.15, -0.1) is 0 Å². The van der Waals surface area contributed by atoms with Gasteiger partial charge in [-0.2, -0.15) is 0 Å². The molecule has 0 heterocycles. The Hall–Kier alpha value is -0.120. The molecule has 0 aliphatic heterocycles. The van der Waals surface area contributed by atoms with Crippen molar-refractivity contribution in [3.63, 3.8) is 0 Å². The first kappa shape index (κ1) is 16.9. The molecule has 0 amide bonds. The minimum atomic E-state index is -0.0972. The SMILES string of the molecule is CCOC(CNC1CC(C)CCC1C(C)C)OCC. The van der Waals surface area contributed by atoms with E-state index in [1.165, 1.54) is 19.3 Å². The summed E-state index contributed by atoms with van der Waals surface area (Å²) in [6.07, 6.45) is 3.92. The Morgan fingerprint density at radius 2 is 1.74 bits per heavy atom. The van der Waals surface area contributed by atoms with Crippen LogP contribution in [-0.4, -0.2) is 32.1 Å². The third-order valence-electron chi connectivity index (χ3n) is 4.27. The van der Waals surface area contributed by atoms with Gasteiger partial charge in [0.2, 0.25) is 0 Å². The summed E-state index contributed by atoms with van der Waals surface area (Å²) in [6.45, 7) is 13.3. The second-order valence-corrected chi connectivity index (χ2v) is 6.18. The summed E-state index contributed by atoms with van der Waals surface area (Å²) in [5.74, 6) is 2.38. The highest BCUT2D eigenvalue weighted by Crippen LogP contribution is 2.33. The highest BCUT2D eigenvalue weighted by Gasteiger charge is 2.30. The fraction of sp³-hybridized carbons (Fsp3) is 1.00. The average Bonchev–Trinajstić information content (AvgIpc) is 2.36. The van der Waals surface area contributed by atoms with E-state index in [4.69, 9.17) is 9.47 Å². The summed E-state index contributed by atoms with van der Waals surface area (Å²) < 4.78 is 11.2. The van der Waals surface area contributed by atoms with Crippen LogP contribution in [0.1, 0.15) is 53.9 Å². The first-order valence-electron chi connectivity index (χ1n) is 8.05. The summed E-state index contributed by atoms with van der Waals surface area (Å²) in [6, 6.07) is 0.618. The Morgan fingerprint density at radius 3 is 2.26 bits per heavy atom. The van der Waals surface area contributed by atoms with Gasteiger partial charge in [-0.3, -0.25) is 0 Å². The predicted molar refractivity (Wildman–Crippen MR) is 80.2 cm³/mol. The maximum atomic E-state index is 5.61. The summed E-state index contributed by atoms with van der Waals surface area (Å²) >= 11 is 0. The van der Waals surface area contributed by atoms with Crippen LogP contribution in [0.15, 0.2) is 0 Å². The molecule has 3 nitrogen and oxygen atoms in total. The first-order valence-corrected chi connectivity index (χ1v) is 8.05. The summed E-state index contributed by atoms with van der Waals surface area (Å²) in [7, 11) is 0. The Bertz CT molecular complexity index is 227. The lowest BCUT2D eigenvalue weighted by molar-refractivity contribution is -0.135. The van der Waals surface area contributed by atoms with E-state index < -0.39 is 0 Å². The van der Waals surface area contributed by atoms with Gasteiger partial charge in [-0.1, -0.05) is 27.2 Å². The number of ether oxygens (including phenoxy) is 2. The van der Waals surface area contributed by atoms with Crippen molar-refractivity contribution < 1.29 is 9.47 Å². The van der Waals surface area contributed by atoms with Gasteiger partial charge in [0.1, 0.15) is 0 Å². The predicted octanol–water partition coefficient (Wildman–Crippen LogP) is 3.44. The van der Waals surface area contributed by atoms with Gasteiger partial charge in [0.25, 0.3) is 0 Å². The maximum Gasteiger partial charge on any atom is 0.169 e. The molecule has 0 spiro atoms. The minimum Gasteiger partial charge on any atom is -0.352 e. The smallest absolute Gasteiger partial charge is 0.169 e. The summed E-state index contributed by atoms with van der Waals surface area (Å²) in [5, 5.41) is 3.70. The fourth-order valence-corrected chi connectivity index (χ4v) is 3.22. The van der Waals surface area contributed by atoms with Crippen LogP contribution >= 0.6 is 0 Å². The molecule has 1 aliphatic carbocycles. The third-order valence-corrected chi connectivity index (χ3v) is 4.27. The second-order valence-electron chi connectivity index (χ2n) is 6.18. The van der Waals surface area contributed by atoms with E-state index in [-0.39, 0.29) is 6.29 Å². The fourth-order valence-electron chi connectivity index (χ4n) is 3.22. The lowest BCUT2D eigenvalue weighted by atomic mass is 9.74. The molecule has 1 N–H and O–H groups in total. The molecule has 0 radical (unpaired) electrons. The van der Waals surface area contributed by atoms with E-state index in [0.29, 0.717) is 19.3 Å². The molecule has 3 atom stereocenters. The first-order chi connectivity index (χ1) is 9.08. The monoisotopic (exact) mass is 271 g/mol. The van der Waals surface area contributed by atoms with Crippen molar-refractivity contribution in [2.75, 3.05) is 19.8 Å². The molecule has 0 aromatic rings. The quantitative estimate of drug-likeness (QED) is 0.686. The Kier molecular flexibility index (Phi) is 7.96. The van der Waals surface area contributed by atoms with Crippen LogP contribution in [0.2, 0.25) is 0 Å². The molecule has 0 aromatic heterocycles. The van der Waals surface area contributed by atoms with Gasteiger partial charge in [0.05, 0.1) is 0 Å². The maximum absolute atomic E-state index is 5.61. The van der Waals surface area contributed by atoms with Crippen LogP contribution in [0.3, 0.4) is 0 Å². The van der Waals surface area contributed by atoms with E-state index >= 15 is 0 Å². The zero-order valence-electron chi connectivity index (χ0n) is 13.4. The standard InChI is InChI=1S/C16H33NO2/c1-6-18-16(19-7-2)11-17-15-10-13(5)8-9-14(15)12(3)4/h12-17H,6-11H2,1-5H3. The van der Waals surface area contributed by atoms with Crippen LogP contribution in [-0.2, 0) is 9.47 Å². The number of nitrogens with one attached hydrogen (secondary N) is 1. The highest BCUT2D eigenvalue weighted by molar-refractivity contribution is 4.85. The van der Waals surface area contributed by atoms with Crippen LogP contribution < -0.4 is 5.32 Å². The van der Waals surface area contributed by atoms with Crippen molar-refractivity contribution in [3.8, 4) is 0 Å². The topological polar surface area (TPSA) is 30.5 Å². The lowest BCUT2D eigenvalue weighted by Crippen LogP contribution is -2.46. The summed E-state index contributed by atoms with van der Waals surface area (Å²) in [5.41, 5.74) is 0. The zero-order valence-corrected chi connectivity index (χ0v) is 13.4. The molecule has 1 rings (SSSR count). The molecule has 0 saturated heterocycles. The van der Waals surface area contributed by atoms with E-state index in [1.807, 2.05) is 13.8 Å². The van der Waals surface area contributed by atoms with Crippen molar-refractivity contribution in [2.45, 2.75) is 66.2 Å². The van der Waals surface area contributed by atoms with Crippen LogP contribution in [0.4, 0.5) is 0 Å². The second kappa shape index (κ2) is 8.93. The lowest BCUT2D eigenvalue weighted by Gasteiger charge is -2.38. The highest BCUT2D eigenvalue weighted by atomic mass is 16.7. The third kappa shape index (κ3) is 5.80. The zero-order chi connectivity index (χ0) is 14.3. The Balaban J connectivity index is 2.46. The van der Waals surface area contributed by atoms with Gasteiger partial charge in [-0.25, -0.2) is 0 Å². The van der Waals surface area contributed by atoms with Crippen molar-refractivity contribution >= 4 is 0 Å². The minimum absolute atomic E-state index is 0.0972. The van der Waals surface area contributed by atoms with E-state index in [9.17, 15) is 0 Å². The largest absolute Gasteiger partial charge is 0.352 e. The van der Waals surface area contributed by atoms with Crippen molar-refractivity contribution in [1.29, 1.82) is 0 Å². The van der Waals surface area contributed by atoms with Crippen LogP contribution in [0, 0.1) is 17.8 Å². The molecule has 1 fully saturated rings. The number of hydrogen-bond donors (Lipinski definition) is 1. The Morgan fingerprint density at radius 1 is 1.11 bits per heavy atom. The number of hydrogen-bond acceptors (Lipinski definition) is 3. The van der Waals surface area contributed by atoms with E-state index in [0.717, 1.165) is 24.3 Å². The number of rotatable bonds is 8. The molecule has 114 valence electrons. The molecule has 19 heavy (non-hydrogen) atoms. The molecular formula is C16H33NO2. The van der Waals surface area contributed by atoms with Crippen LogP contribution in [0.5, 0.6) is 0 Å².